The Hall–Kier alpha value is -0.910. The molecular weight excluding hydrogens is 280 g/mol. The summed E-state index contributed by atoms with van der Waals surface area (Å²) >= 11 is 8.06. The zero-order valence-electron chi connectivity index (χ0n) is 11.9. The highest BCUT2D eigenvalue weighted by Crippen LogP contribution is 2.30. The van der Waals surface area contributed by atoms with E-state index in [9.17, 15) is 0 Å². The van der Waals surface area contributed by atoms with Crippen LogP contribution in [0.15, 0.2) is 0 Å². The van der Waals surface area contributed by atoms with E-state index in [0.717, 1.165) is 33.5 Å². The summed E-state index contributed by atoms with van der Waals surface area (Å²) in [5.41, 5.74) is 3.03. The molecule has 0 spiro atoms. The summed E-state index contributed by atoms with van der Waals surface area (Å²) < 4.78 is 1.87. The van der Waals surface area contributed by atoms with Crippen LogP contribution in [0.2, 0.25) is 5.02 Å². The summed E-state index contributed by atoms with van der Waals surface area (Å²) in [6.45, 7) is 6.02. The lowest BCUT2D eigenvalue weighted by Gasteiger charge is -2.15. The van der Waals surface area contributed by atoms with Gasteiger partial charge in [0.15, 0.2) is 0 Å². The van der Waals surface area contributed by atoms with E-state index in [1.807, 2.05) is 32.6 Å². The summed E-state index contributed by atoms with van der Waals surface area (Å²) in [6, 6.07) is 0.221. The molecule has 0 saturated carbocycles. The standard InChI is InChI=1S/C13H19ClN4S/c1-7-12(14)11(18(5)17-7)6-10(15-4)13-8(2)16-9(3)19-13/h10,15H,6H2,1-5H3. The van der Waals surface area contributed by atoms with Gasteiger partial charge in [0.05, 0.1) is 27.1 Å². The SMILES string of the molecule is CNC(Cc1c(Cl)c(C)nn1C)c1sc(C)nc1C. The molecule has 0 bridgehead atoms. The lowest BCUT2D eigenvalue weighted by molar-refractivity contribution is 0.566. The number of nitrogens with one attached hydrogen (secondary N) is 1. The van der Waals surface area contributed by atoms with E-state index in [4.69, 9.17) is 11.6 Å². The quantitative estimate of drug-likeness (QED) is 0.944. The fourth-order valence-corrected chi connectivity index (χ4v) is 3.57. The molecular formula is C13H19ClN4S. The fraction of sp³-hybridized carbons (Fsp3) is 0.538. The number of thiazole rings is 1. The Labute approximate surface area is 122 Å². The number of rotatable bonds is 4. The molecule has 0 saturated heterocycles. The molecule has 0 aliphatic rings. The van der Waals surface area contributed by atoms with Crippen LogP contribution < -0.4 is 5.32 Å². The van der Waals surface area contributed by atoms with Crippen molar-refractivity contribution >= 4 is 22.9 Å². The molecule has 19 heavy (non-hydrogen) atoms. The molecule has 0 aliphatic carbocycles. The number of aryl methyl sites for hydroxylation is 4. The first-order valence-electron chi connectivity index (χ1n) is 6.23. The van der Waals surface area contributed by atoms with Gasteiger partial charge in [0.1, 0.15) is 0 Å². The van der Waals surface area contributed by atoms with E-state index in [2.05, 4.69) is 22.3 Å². The summed E-state index contributed by atoms with van der Waals surface area (Å²) in [5, 5.41) is 9.58. The van der Waals surface area contributed by atoms with Crippen LogP contribution in [0.25, 0.3) is 0 Å². The summed E-state index contributed by atoms with van der Waals surface area (Å²) in [7, 11) is 3.90. The summed E-state index contributed by atoms with van der Waals surface area (Å²) in [6.07, 6.45) is 0.815. The van der Waals surface area contributed by atoms with Gasteiger partial charge in [0.2, 0.25) is 0 Å². The van der Waals surface area contributed by atoms with Crippen molar-refractivity contribution in [2.45, 2.75) is 33.2 Å². The van der Waals surface area contributed by atoms with E-state index in [1.54, 1.807) is 11.3 Å². The lowest BCUT2D eigenvalue weighted by Crippen LogP contribution is -2.20. The summed E-state index contributed by atoms with van der Waals surface area (Å²) in [4.78, 5) is 5.77. The molecule has 2 heterocycles. The average molecular weight is 299 g/mol. The third kappa shape index (κ3) is 2.83. The van der Waals surface area contributed by atoms with Gasteiger partial charge in [0, 0.05) is 24.4 Å². The van der Waals surface area contributed by atoms with Gasteiger partial charge in [-0.2, -0.15) is 5.10 Å². The van der Waals surface area contributed by atoms with Gasteiger partial charge in [-0.25, -0.2) is 4.98 Å². The Kier molecular flexibility index (Phi) is 4.28. The van der Waals surface area contributed by atoms with Crippen LogP contribution in [0.1, 0.15) is 33.0 Å². The van der Waals surface area contributed by atoms with Gasteiger partial charge in [-0.15, -0.1) is 11.3 Å². The highest BCUT2D eigenvalue weighted by atomic mass is 35.5. The van der Waals surface area contributed by atoms with Crippen LogP contribution in [-0.2, 0) is 13.5 Å². The molecule has 0 aliphatic heterocycles. The Bertz CT molecular complexity index is 588. The number of likely N-dealkylation sites (N-methyl/N-ethyl adjacent to an activating group) is 1. The lowest BCUT2D eigenvalue weighted by atomic mass is 10.1. The maximum Gasteiger partial charge on any atom is 0.0900 e. The maximum atomic E-state index is 6.32. The number of hydrogen-bond donors (Lipinski definition) is 1. The minimum atomic E-state index is 0.221. The zero-order chi connectivity index (χ0) is 14.2. The Balaban J connectivity index is 2.31. The van der Waals surface area contributed by atoms with Crippen molar-refractivity contribution in [2.75, 3.05) is 7.05 Å². The van der Waals surface area contributed by atoms with Gasteiger partial charge in [-0.05, 0) is 27.8 Å². The molecule has 2 aromatic heterocycles. The highest BCUT2D eigenvalue weighted by Gasteiger charge is 2.20. The maximum absolute atomic E-state index is 6.32. The minimum Gasteiger partial charge on any atom is -0.312 e. The Morgan fingerprint density at radius 2 is 2.00 bits per heavy atom. The third-order valence-electron chi connectivity index (χ3n) is 3.26. The molecule has 0 amide bonds. The fourth-order valence-electron chi connectivity index (χ4n) is 2.29. The van der Waals surface area contributed by atoms with Crippen molar-refractivity contribution in [1.29, 1.82) is 0 Å². The average Bonchev–Trinajstić information content (AvgIpc) is 2.79. The number of aromatic nitrogens is 3. The van der Waals surface area contributed by atoms with Crippen LogP contribution in [0.4, 0.5) is 0 Å². The van der Waals surface area contributed by atoms with E-state index in [1.165, 1.54) is 4.88 Å². The first kappa shape index (κ1) is 14.5. The third-order valence-corrected chi connectivity index (χ3v) is 4.94. The second-order valence-corrected chi connectivity index (χ2v) is 6.31. The van der Waals surface area contributed by atoms with Crippen molar-refractivity contribution in [3.8, 4) is 0 Å². The van der Waals surface area contributed by atoms with Crippen LogP contribution in [0, 0.1) is 20.8 Å². The minimum absolute atomic E-state index is 0.221. The molecule has 4 nitrogen and oxygen atoms in total. The van der Waals surface area contributed by atoms with Gasteiger partial charge in [-0.3, -0.25) is 4.68 Å². The van der Waals surface area contributed by atoms with E-state index >= 15 is 0 Å². The second-order valence-electron chi connectivity index (χ2n) is 4.70. The molecule has 1 N–H and O–H groups in total. The number of nitrogens with zero attached hydrogens (tertiary/aromatic N) is 3. The molecule has 0 radical (unpaired) electrons. The van der Waals surface area contributed by atoms with Crippen molar-refractivity contribution < 1.29 is 0 Å². The van der Waals surface area contributed by atoms with Crippen molar-refractivity contribution in [2.24, 2.45) is 7.05 Å². The Morgan fingerprint density at radius 3 is 2.42 bits per heavy atom. The van der Waals surface area contributed by atoms with Crippen molar-refractivity contribution in [3.05, 3.63) is 32.0 Å². The van der Waals surface area contributed by atoms with Gasteiger partial charge >= 0.3 is 0 Å². The zero-order valence-corrected chi connectivity index (χ0v) is 13.5. The van der Waals surface area contributed by atoms with Crippen LogP contribution in [-0.4, -0.2) is 21.8 Å². The molecule has 104 valence electrons. The molecule has 6 heteroatoms. The van der Waals surface area contributed by atoms with E-state index in [0.29, 0.717) is 0 Å². The normalized spacial score (nSPS) is 12.9. The first-order valence-corrected chi connectivity index (χ1v) is 7.42. The largest absolute Gasteiger partial charge is 0.312 e. The molecule has 2 aromatic rings. The molecule has 2 rings (SSSR count). The molecule has 0 aromatic carbocycles. The number of halogens is 1. The summed E-state index contributed by atoms with van der Waals surface area (Å²) in [5.74, 6) is 0. The first-order chi connectivity index (χ1) is 8.93. The predicted octanol–water partition coefficient (Wildman–Crippen LogP) is 2.96. The predicted molar refractivity (Wildman–Crippen MR) is 80.0 cm³/mol. The van der Waals surface area contributed by atoms with Crippen LogP contribution in [0.5, 0.6) is 0 Å². The molecule has 1 atom stereocenters. The van der Waals surface area contributed by atoms with Crippen LogP contribution in [0.3, 0.4) is 0 Å². The molecule has 1 unspecified atom stereocenters. The molecule has 0 fully saturated rings. The monoisotopic (exact) mass is 298 g/mol. The van der Waals surface area contributed by atoms with Crippen LogP contribution >= 0.6 is 22.9 Å². The highest BCUT2D eigenvalue weighted by molar-refractivity contribution is 7.11. The van der Waals surface area contributed by atoms with E-state index in [-0.39, 0.29) is 6.04 Å². The van der Waals surface area contributed by atoms with Crippen molar-refractivity contribution in [3.63, 3.8) is 0 Å². The second kappa shape index (κ2) is 5.61. The van der Waals surface area contributed by atoms with Gasteiger partial charge in [0.25, 0.3) is 0 Å². The van der Waals surface area contributed by atoms with Gasteiger partial charge in [-0.1, -0.05) is 11.6 Å². The van der Waals surface area contributed by atoms with Gasteiger partial charge < -0.3 is 5.32 Å². The smallest absolute Gasteiger partial charge is 0.0900 e. The van der Waals surface area contributed by atoms with Crippen molar-refractivity contribution in [1.82, 2.24) is 20.1 Å². The topological polar surface area (TPSA) is 42.7 Å². The van der Waals surface area contributed by atoms with E-state index < -0.39 is 0 Å². The Morgan fingerprint density at radius 1 is 1.32 bits per heavy atom. The number of hydrogen-bond acceptors (Lipinski definition) is 4.